The van der Waals surface area contributed by atoms with Crippen molar-refractivity contribution in [1.29, 1.82) is 0 Å². The van der Waals surface area contributed by atoms with Crippen LogP contribution in [-0.2, 0) is 11.2 Å². The quantitative estimate of drug-likeness (QED) is 0.665. The first-order chi connectivity index (χ1) is 12.5. The number of benzene rings is 1. The van der Waals surface area contributed by atoms with Gasteiger partial charge in [0.2, 0.25) is 11.9 Å². The van der Waals surface area contributed by atoms with Gasteiger partial charge in [0.05, 0.1) is 11.0 Å². The highest BCUT2D eigenvalue weighted by Crippen LogP contribution is 2.15. The number of nitrogens with zero attached hydrogens (tertiary/aromatic N) is 4. The third kappa shape index (κ3) is 4.24. The molecular weight excluding hydrogens is 328 g/mol. The van der Waals surface area contributed by atoms with Gasteiger partial charge in [-0.25, -0.2) is 15.0 Å². The molecule has 0 saturated carbocycles. The van der Waals surface area contributed by atoms with E-state index >= 15 is 0 Å². The molecule has 1 amide bonds. The van der Waals surface area contributed by atoms with E-state index in [0.717, 1.165) is 28.0 Å². The lowest BCUT2D eigenvalue weighted by molar-refractivity contribution is -0.116. The summed E-state index contributed by atoms with van der Waals surface area (Å²) in [5, 5.41) is 2.86. The van der Waals surface area contributed by atoms with Crippen LogP contribution in [0.25, 0.3) is 17.1 Å². The minimum absolute atomic E-state index is 0.158. The Balaban J connectivity index is 1.51. The molecule has 2 N–H and O–H groups in total. The lowest BCUT2D eigenvalue weighted by Crippen LogP contribution is -2.23. The van der Waals surface area contributed by atoms with Crippen LogP contribution < -0.4 is 10.2 Å². The smallest absolute Gasteiger partial charge is 0.244 e. The zero-order chi connectivity index (χ0) is 18.5. The number of aromatic nitrogens is 4. The molecule has 0 aliphatic carbocycles. The number of aromatic amines is 1. The van der Waals surface area contributed by atoms with E-state index in [1.54, 1.807) is 18.5 Å². The highest BCUT2D eigenvalue weighted by atomic mass is 16.1. The number of hydrogen-bond acceptors (Lipinski definition) is 5. The van der Waals surface area contributed by atoms with Gasteiger partial charge in [-0.05, 0) is 24.6 Å². The first-order valence-corrected chi connectivity index (χ1v) is 8.42. The fourth-order valence-electron chi connectivity index (χ4n) is 2.53. The largest absolute Gasteiger partial charge is 0.352 e. The molecule has 3 rings (SSSR count). The van der Waals surface area contributed by atoms with Crippen molar-refractivity contribution >= 4 is 29.0 Å². The van der Waals surface area contributed by atoms with Gasteiger partial charge in [-0.1, -0.05) is 12.1 Å². The molecule has 0 unspecified atom stereocenters. The summed E-state index contributed by atoms with van der Waals surface area (Å²) in [7, 11) is 3.75. The van der Waals surface area contributed by atoms with Crippen molar-refractivity contribution < 1.29 is 4.79 Å². The number of hydrogen-bond donors (Lipinski definition) is 2. The Labute approximate surface area is 152 Å². The predicted molar refractivity (Wildman–Crippen MR) is 103 cm³/mol. The molecule has 0 atom stereocenters. The van der Waals surface area contributed by atoms with Crippen LogP contribution in [0, 0.1) is 6.92 Å². The highest BCUT2D eigenvalue weighted by Gasteiger charge is 2.05. The molecule has 0 aliphatic heterocycles. The van der Waals surface area contributed by atoms with Gasteiger partial charge in [0.15, 0.2) is 0 Å². The van der Waals surface area contributed by atoms with E-state index in [1.807, 2.05) is 44.1 Å². The van der Waals surface area contributed by atoms with Gasteiger partial charge in [0.25, 0.3) is 0 Å². The van der Waals surface area contributed by atoms with E-state index in [9.17, 15) is 4.79 Å². The number of carbonyl (C=O) groups is 1. The molecule has 0 spiro atoms. The summed E-state index contributed by atoms with van der Waals surface area (Å²) in [6, 6.07) is 6.04. The van der Waals surface area contributed by atoms with Gasteiger partial charge in [-0.2, -0.15) is 0 Å². The van der Waals surface area contributed by atoms with Crippen LogP contribution in [0.5, 0.6) is 0 Å². The Morgan fingerprint density at radius 3 is 2.73 bits per heavy atom. The van der Waals surface area contributed by atoms with Crippen LogP contribution in [0.1, 0.15) is 17.0 Å². The molecule has 0 fully saturated rings. The Kier molecular flexibility index (Phi) is 5.26. The van der Waals surface area contributed by atoms with Crippen LogP contribution in [-0.4, -0.2) is 46.5 Å². The molecule has 2 heterocycles. The first-order valence-electron chi connectivity index (χ1n) is 8.42. The molecule has 2 aromatic heterocycles. The second-order valence-corrected chi connectivity index (χ2v) is 6.24. The van der Waals surface area contributed by atoms with Crippen molar-refractivity contribution in [2.24, 2.45) is 0 Å². The monoisotopic (exact) mass is 350 g/mol. The van der Waals surface area contributed by atoms with Crippen LogP contribution in [0.3, 0.4) is 0 Å². The average molecular weight is 350 g/mol. The van der Waals surface area contributed by atoms with Crippen molar-refractivity contribution in [2.45, 2.75) is 13.3 Å². The lowest BCUT2D eigenvalue weighted by Gasteiger charge is -2.08. The first kappa shape index (κ1) is 17.6. The molecule has 26 heavy (non-hydrogen) atoms. The van der Waals surface area contributed by atoms with Crippen molar-refractivity contribution in [3.8, 4) is 0 Å². The summed E-state index contributed by atoms with van der Waals surface area (Å²) in [5.74, 6) is 1.34. The average Bonchev–Trinajstić information content (AvgIpc) is 3.05. The number of anilines is 1. The van der Waals surface area contributed by atoms with Crippen molar-refractivity contribution in [1.82, 2.24) is 25.3 Å². The second-order valence-electron chi connectivity index (χ2n) is 6.24. The van der Waals surface area contributed by atoms with Crippen molar-refractivity contribution in [3.63, 3.8) is 0 Å². The summed E-state index contributed by atoms with van der Waals surface area (Å²) in [5.41, 5.74) is 3.92. The van der Waals surface area contributed by atoms with Crippen LogP contribution in [0.15, 0.2) is 36.7 Å². The summed E-state index contributed by atoms with van der Waals surface area (Å²) >= 11 is 0. The fourth-order valence-corrected chi connectivity index (χ4v) is 2.53. The Morgan fingerprint density at radius 1 is 1.27 bits per heavy atom. The van der Waals surface area contributed by atoms with E-state index in [0.29, 0.717) is 18.9 Å². The SMILES string of the molecule is Cc1cccc2[nH]c(CCNC(=O)C=Cc3cnc(N(C)C)nc3)nc12. The topological polar surface area (TPSA) is 86.8 Å². The third-order valence-electron chi connectivity index (χ3n) is 3.91. The molecule has 3 aromatic rings. The molecule has 0 radical (unpaired) electrons. The van der Waals surface area contributed by atoms with Gasteiger partial charge in [0.1, 0.15) is 5.82 Å². The lowest BCUT2D eigenvalue weighted by atomic mass is 10.2. The fraction of sp³-hybridized carbons (Fsp3) is 0.263. The van der Waals surface area contributed by atoms with E-state index in [-0.39, 0.29) is 5.91 Å². The minimum atomic E-state index is -0.158. The number of imidazole rings is 1. The van der Waals surface area contributed by atoms with Gasteiger partial charge >= 0.3 is 0 Å². The zero-order valence-electron chi connectivity index (χ0n) is 15.2. The third-order valence-corrected chi connectivity index (χ3v) is 3.91. The maximum Gasteiger partial charge on any atom is 0.244 e. The summed E-state index contributed by atoms with van der Waals surface area (Å²) in [6.07, 6.45) is 7.19. The highest BCUT2D eigenvalue weighted by molar-refractivity contribution is 5.91. The standard InChI is InChI=1S/C19H22N6O/c1-13-5-4-6-15-18(13)24-16(23-15)9-10-20-17(26)8-7-14-11-21-19(22-12-14)25(2)3/h4-8,11-12H,9-10H2,1-3H3,(H,20,26)(H,23,24). The van der Waals surface area contributed by atoms with E-state index < -0.39 is 0 Å². The number of nitrogens with one attached hydrogen (secondary N) is 2. The number of aryl methyl sites for hydroxylation is 1. The van der Waals surface area contributed by atoms with Crippen LogP contribution in [0.2, 0.25) is 0 Å². The number of para-hydroxylation sites is 1. The summed E-state index contributed by atoms with van der Waals surface area (Å²) in [4.78, 5) is 30.0. The molecule has 0 saturated heterocycles. The van der Waals surface area contributed by atoms with Gasteiger partial charge in [-0.15, -0.1) is 0 Å². The van der Waals surface area contributed by atoms with Gasteiger partial charge in [-0.3, -0.25) is 4.79 Å². The predicted octanol–water partition coefficient (Wildman–Crippen LogP) is 2.10. The minimum Gasteiger partial charge on any atom is -0.352 e. The molecule has 134 valence electrons. The Morgan fingerprint density at radius 2 is 2.04 bits per heavy atom. The van der Waals surface area contributed by atoms with Crippen molar-refractivity contribution in [3.05, 3.63) is 53.6 Å². The molecule has 0 aliphatic rings. The summed E-state index contributed by atoms with van der Waals surface area (Å²) in [6.45, 7) is 2.55. The molecule has 7 heteroatoms. The normalized spacial score (nSPS) is 11.2. The number of amides is 1. The second kappa shape index (κ2) is 7.77. The molecule has 7 nitrogen and oxygen atoms in total. The zero-order valence-corrected chi connectivity index (χ0v) is 15.2. The number of carbonyl (C=O) groups excluding carboxylic acids is 1. The van der Waals surface area contributed by atoms with Crippen LogP contribution >= 0.6 is 0 Å². The Bertz CT molecular complexity index is 927. The maximum atomic E-state index is 11.9. The summed E-state index contributed by atoms with van der Waals surface area (Å²) < 4.78 is 0. The maximum absolute atomic E-state index is 11.9. The number of H-pyrrole nitrogens is 1. The van der Waals surface area contributed by atoms with Crippen LogP contribution in [0.4, 0.5) is 5.95 Å². The number of rotatable bonds is 6. The van der Waals surface area contributed by atoms with Gasteiger partial charge in [0, 0.05) is 51.1 Å². The Hall–Kier alpha value is -3.22. The molecular formula is C19H22N6O. The van der Waals surface area contributed by atoms with E-state index in [2.05, 4.69) is 25.3 Å². The van der Waals surface area contributed by atoms with E-state index in [1.165, 1.54) is 6.08 Å². The van der Waals surface area contributed by atoms with Gasteiger partial charge < -0.3 is 15.2 Å². The molecule has 0 bridgehead atoms. The number of fused-ring (bicyclic) bond motifs is 1. The molecule has 1 aromatic carbocycles. The van der Waals surface area contributed by atoms with E-state index in [4.69, 9.17) is 0 Å². The van der Waals surface area contributed by atoms with Crippen molar-refractivity contribution in [2.75, 3.05) is 25.5 Å².